The molecule has 0 aliphatic heterocycles. The number of H-pyrrole nitrogens is 1. The number of carboxylic acids is 1. The fraction of sp³-hybridized carbons (Fsp3) is 0.250. The number of ether oxygens (including phenoxy) is 1. The van der Waals surface area contributed by atoms with Crippen LogP contribution >= 0.6 is 23.6 Å². The van der Waals surface area contributed by atoms with E-state index in [4.69, 9.17) is 17.0 Å². The number of aryl methyl sites for hydroxylation is 1. The molecule has 0 saturated carbocycles. The van der Waals surface area contributed by atoms with Crippen LogP contribution in [0.2, 0.25) is 0 Å². The number of carbonyl (C=O) groups is 1. The second-order valence-electron chi connectivity index (χ2n) is 5.29. The van der Waals surface area contributed by atoms with E-state index in [0.29, 0.717) is 25.3 Å². The fourth-order valence-corrected chi connectivity index (χ4v) is 3.52. The summed E-state index contributed by atoms with van der Waals surface area (Å²) in [4.78, 5) is 32.0. The summed E-state index contributed by atoms with van der Waals surface area (Å²) in [6.07, 6.45) is 0.652. The van der Waals surface area contributed by atoms with E-state index in [0.717, 1.165) is 4.88 Å². The Morgan fingerprint density at radius 3 is 2.96 bits per heavy atom. The van der Waals surface area contributed by atoms with Crippen molar-refractivity contribution in [3.63, 3.8) is 0 Å². The average molecular weight is 377 g/mol. The molecular weight excluding hydrogens is 362 g/mol. The molecule has 0 spiro atoms. The van der Waals surface area contributed by atoms with Crippen molar-refractivity contribution >= 4 is 40.6 Å². The lowest BCUT2D eigenvalue weighted by atomic mass is 10.1. The number of carboxylic acid groups (broad SMARTS) is 1. The Labute approximate surface area is 151 Å². The zero-order chi connectivity index (χ0) is 18.0. The lowest BCUT2D eigenvalue weighted by Crippen LogP contribution is -2.19. The van der Waals surface area contributed by atoms with E-state index in [-0.39, 0.29) is 21.4 Å². The summed E-state index contributed by atoms with van der Waals surface area (Å²) in [7, 11) is 1.60. The summed E-state index contributed by atoms with van der Waals surface area (Å²) in [6, 6.07) is 5.13. The van der Waals surface area contributed by atoms with Gasteiger partial charge in [0.1, 0.15) is 5.65 Å². The number of aromatic amines is 1. The molecule has 9 heteroatoms. The van der Waals surface area contributed by atoms with Gasteiger partial charge in [-0.25, -0.2) is 9.78 Å². The molecule has 0 bridgehead atoms. The van der Waals surface area contributed by atoms with E-state index in [2.05, 4.69) is 9.97 Å². The standard InChI is InChI=1S/C16H15N3O4S2/c1-23-6-3-5-19-13-12(14(20)18-16(19)24)9(15(21)22)8-10(17-13)11-4-2-7-25-11/h2,4,7-8H,3,5-6H2,1H3,(H,21,22)(H,18,20,24). The normalized spacial score (nSPS) is 11.1. The first kappa shape index (κ1) is 17.5. The SMILES string of the molecule is COCCCn1c(=S)[nH]c(=O)c2c(C(=O)O)cc(-c3cccs3)nc21. The summed E-state index contributed by atoms with van der Waals surface area (Å²) in [5.74, 6) is -1.18. The highest BCUT2D eigenvalue weighted by molar-refractivity contribution is 7.71. The highest BCUT2D eigenvalue weighted by Gasteiger charge is 2.19. The van der Waals surface area contributed by atoms with E-state index in [1.807, 2.05) is 17.5 Å². The molecule has 0 radical (unpaired) electrons. The third kappa shape index (κ3) is 3.39. The molecule has 0 unspecified atom stereocenters. The Morgan fingerprint density at radius 2 is 2.32 bits per heavy atom. The number of aromatic nitrogens is 3. The van der Waals surface area contributed by atoms with Gasteiger partial charge in [-0.3, -0.25) is 9.78 Å². The van der Waals surface area contributed by atoms with Crippen LogP contribution in [-0.4, -0.2) is 39.3 Å². The maximum Gasteiger partial charge on any atom is 0.336 e. The molecule has 0 fully saturated rings. The lowest BCUT2D eigenvalue weighted by Gasteiger charge is -2.12. The number of aromatic carboxylic acids is 1. The van der Waals surface area contributed by atoms with Crippen LogP contribution < -0.4 is 5.56 Å². The summed E-state index contributed by atoms with van der Waals surface area (Å²) in [5, 5.41) is 11.5. The van der Waals surface area contributed by atoms with Gasteiger partial charge in [-0.2, -0.15) is 0 Å². The van der Waals surface area contributed by atoms with Crippen molar-refractivity contribution in [2.75, 3.05) is 13.7 Å². The third-order valence-corrected chi connectivity index (χ3v) is 4.90. The van der Waals surface area contributed by atoms with Gasteiger partial charge < -0.3 is 14.4 Å². The molecule has 0 amide bonds. The Morgan fingerprint density at radius 1 is 1.52 bits per heavy atom. The van der Waals surface area contributed by atoms with Crippen LogP contribution in [0.4, 0.5) is 0 Å². The number of methoxy groups -OCH3 is 1. The van der Waals surface area contributed by atoms with E-state index in [1.54, 1.807) is 11.7 Å². The summed E-state index contributed by atoms with van der Waals surface area (Å²) in [5.41, 5.74) is 0.129. The van der Waals surface area contributed by atoms with Crippen LogP contribution in [0.15, 0.2) is 28.4 Å². The molecule has 0 aliphatic rings. The maximum atomic E-state index is 12.3. The van der Waals surface area contributed by atoms with Crippen LogP contribution in [0.5, 0.6) is 0 Å². The number of nitrogens with zero attached hydrogens (tertiary/aromatic N) is 2. The first-order valence-corrected chi connectivity index (χ1v) is 8.75. The smallest absolute Gasteiger partial charge is 0.336 e. The first-order chi connectivity index (χ1) is 12.0. The van der Waals surface area contributed by atoms with Crippen LogP contribution in [0.3, 0.4) is 0 Å². The Kier molecular flexibility index (Phi) is 5.07. The van der Waals surface area contributed by atoms with Crippen molar-refractivity contribution in [3.05, 3.63) is 44.3 Å². The second-order valence-corrected chi connectivity index (χ2v) is 6.63. The molecule has 0 aromatic carbocycles. The van der Waals surface area contributed by atoms with E-state index in [1.165, 1.54) is 17.4 Å². The molecular formula is C16H15N3O4S2. The largest absolute Gasteiger partial charge is 0.478 e. The van der Waals surface area contributed by atoms with Crippen LogP contribution in [0, 0.1) is 4.77 Å². The van der Waals surface area contributed by atoms with Gasteiger partial charge in [0.2, 0.25) is 0 Å². The Balaban J connectivity index is 2.34. The summed E-state index contributed by atoms with van der Waals surface area (Å²) >= 11 is 6.69. The predicted molar refractivity (Wildman–Crippen MR) is 98.0 cm³/mol. The molecule has 3 aromatic rings. The fourth-order valence-electron chi connectivity index (χ4n) is 2.57. The average Bonchev–Trinajstić information content (AvgIpc) is 3.11. The van der Waals surface area contributed by atoms with E-state index in [9.17, 15) is 14.7 Å². The second kappa shape index (κ2) is 7.26. The molecule has 130 valence electrons. The minimum Gasteiger partial charge on any atom is -0.478 e. The van der Waals surface area contributed by atoms with Crippen molar-refractivity contribution in [3.8, 4) is 10.6 Å². The molecule has 3 aromatic heterocycles. The lowest BCUT2D eigenvalue weighted by molar-refractivity contribution is 0.0699. The minimum atomic E-state index is -1.18. The van der Waals surface area contributed by atoms with Gasteiger partial charge in [0.05, 0.1) is 21.5 Å². The number of thiophene rings is 1. The molecule has 3 heterocycles. The van der Waals surface area contributed by atoms with Gasteiger partial charge in [-0.15, -0.1) is 11.3 Å². The molecule has 3 rings (SSSR count). The summed E-state index contributed by atoms with van der Waals surface area (Å²) in [6.45, 7) is 0.971. The molecule has 0 saturated heterocycles. The molecule has 0 atom stereocenters. The zero-order valence-electron chi connectivity index (χ0n) is 13.3. The highest BCUT2D eigenvalue weighted by atomic mass is 32.1. The predicted octanol–water partition coefficient (Wildman–Crippen LogP) is 2.92. The minimum absolute atomic E-state index is 0.0267. The monoisotopic (exact) mass is 377 g/mol. The van der Waals surface area contributed by atoms with E-state index >= 15 is 0 Å². The maximum absolute atomic E-state index is 12.3. The van der Waals surface area contributed by atoms with Crippen molar-refractivity contribution < 1.29 is 14.6 Å². The topological polar surface area (TPSA) is 97.2 Å². The van der Waals surface area contributed by atoms with Crippen molar-refractivity contribution in [2.24, 2.45) is 0 Å². The van der Waals surface area contributed by atoms with Gasteiger partial charge in [0, 0.05) is 20.3 Å². The number of hydrogen-bond donors (Lipinski definition) is 2. The zero-order valence-corrected chi connectivity index (χ0v) is 14.9. The highest BCUT2D eigenvalue weighted by Crippen LogP contribution is 2.26. The number of hydrogen-bond acceptors (Lipinski definition) is 6. The van der Waals surface area contributed by atoms with Crippen LogP contribution in [0.1, 0.15) is 16.8 Å². The van der Waals surface area contributed by atoms with Crippen LogP contribution in [0.25, 0.3) is 21.6 Å². The number of nitrogens with one attached hydrogen (secondary N) is 1. The molecule has 25 heavy (non-hydrogen) atoms. The number of fused-ring (bicyclic) bond motifs is 1. The van der Waals surface area contributed by atoms with Crippen molar-refractivity contribution in [1.29, 1.82) is 0 Å². The van der Waals surface area contributed by atoms with Gasteiger partial charge in [0.15, 0.2) is 4.77 Å². The van der Waals surface area contributed by atoms with Gasteiger partial charge in [0.25, 0.3) is 5.56 Å². The first-order valence-electron chi connectivity index (χ1n) is 7.47. The van der Waals surface area contributed by atoms with Gasteiger partial charge in [-0.1, -0.05) is 6.07 Å². The quantitative estimate of drug-likeness (QED) is 0.506. The molecule has 7 nitrogen and oxygen atoms in total. The van der Waals surface area contributed by atoms with Crippen molar-refractivity contribution in [1.82, 2.24) is 14.5 Å². The Bertz CT molecular complexity index is 1040. The van der Waals surface area contributed by atoms with E-state index < -0.39 is 11.5 Å². The number of pyridine rings is 1. The molecule has 0 aliphatic carbocycles. The van der Waals surface area contributed by atoms with Crippen molar-refractivity contribution in [2.45, 2.75) is 13.0 Å². The molecule has 2 N–H and O–H groups in total. The van der Waals surface area contributed by atoms with Crippen LogP contribution in [-0.2, 0) is 11.3 Å². The summed E-state index contributed by atoms with van der Waals surface area (Å²) < 4.78 is 6.91. The van der Waals surface area contributed by atoms with Gasteiger partial charge >= 0.3 is 5.97 Å². The third-order valence-electron chi connectivity index (χ3n) is 3.68. The number of rotatable bonds is 6. The Hall–Kier alpha value is -2.36. The van der Waals surface area contributed by atoms with Gasteiger partial charge in [-0.05, 0) is 36.2 Å².